The minimum atomic E-state index is -0.195. The van der Waals surface area contributed by atoms with E-state index < -0.39 is 0 Å². The first kappa shape index (κ1) is 20.7. The number of aryl methyl sites for hydroxylation is 1. The van der Waals surface area contributed by atoms with Crippen molar-refractivity contribution in [2.24, 2.45) is 11.8 Å². The molecule has 1 aromatic carbocycles. The van der Waals surface area contributed by atoms with Crippen molar-refractivity contribution in [2.45, 2.75) is 33.1 Å². The van der Waals surface area contributed by atoms with E-state index in [2.05, 4.69) is 12.2 Å². The molecule has 144 valence electrons. The van der Waals surface area contributed by atoms with E-state index in [1.165, 1.54) is 5.56 Å². The number of benzene rings is 1. The van der Waals surface area contributed by atoms with Crippen LogP contribution in [0.15, 0.2) is 24.3 Å². The molecule has 1 N–H and O–H groups in total. The van der Waals surface area contributed by atoms with Gasteiger partial charge in [-0.25, -0.2) is 0 Å². The van der Waals surface area contributed by atoms with Crippen LogP contribution in [0.3, 0.4) is 0 Å². The SMILES string of the molecule is CCNCC1CCN(C(=O)C2CC(=O)N(c3ccc(C)cc3)C2)CC1.Cl. The predicted octanol–water partition coefficient (Wildman–Crippen LogP) is 2.62. The van der Waals surface area contributed by atoms with E-state index >= 15 is 0 Å². The second kappa shape index (κ2) is 9.38. The lowest BCUT2D eigenvalue weighted by atomic mass is 9.95. The van der Waals surface area contributed by atoms with E-state index in [-0.39, 0.29) is 30.1 Å². The molecule has 2 heterocycles. The Morgan fingerprint density at radius 3 is 2.46 bits per heavy atom. The maximum Gasteiger partial charge on any atom is 0.228 e. The molecule has 3 rings (SSSR count). The van der Waals surface area contributed by atoms with Crippen molar-refractivity contribution in [3.63, 3.8) is 0 Å². The number of amides is 2. The standard InChI is InChI=1S/C20H29N3O2.ClH/c1-3-21-13-16-8-10-22(11-9-16)20(25)17-12-19(24)23(14-17)18-6-4-15(2)5-7-18;/h4-7,16-17,21H,3,8-14H2,1-2H3;1H. The van der Waals surface area contributed by atoms with Gasteiger partial charge in [-0.05, 0) is 50.9 Å². The summed E-state index contributed by atoms with van der Waals surface area (Å²) in [5.74, 6) is 0.687. The highest BCUT2D eigenvalue weighted by Gasteiger charge is 2.37. The monoisotopic (exact) mass is 379 g/mol. The molecule has 0 spiro atoms. The molecular formula is C20H30ClN3O2. The number of anilines is 1. The molecule has 2 aliphatic heterocycles. The zero-order chi connectivity index (χ0) is 17.8. The van der Waals surface area contributed by atoms with Crippen molar-refractivity contribution in [2.75, 3.05) is 37.6 Å². The normalized spacial score (nSPS) is 21.0. The fourth-order valence-electron chi connectivity index (χ4n) is 3.81. The van der Waals surface area contributed by atoms with Crippen molar-refractivity contribution in [1.82, 2.24) is 10.2 Å². The van der Waals surface area contributed by atoms with Gasteiger partial charge in [0.15, 0.2) is 0 Å². The van der Waals surface area contributed by atoms with Crippen molar-refractivity contribution < 1.29 is 9.59 Å². The van der Waals surface area contributed by atoms with Crippen molar-refractivity contribution in [3.05, 3.63) is 29.8 Å². The zero-order valence-electron chi connectivity index (χ0n) is 15.7. The number of nitrogens with zero attached hydrogens (tertiary/aromatic N) is 2. The fourth-order valence-corrected chi connectivity index (χ4v) is 3.81. The van der Waals surface area contributed by atoms with Crippen molar-refractivity contribution in [3.8, 4) is 0 Å². The van der Waals surface area contributed by atoms with Crippen molar-refractivity contribution >= 4 is 29.9 Å². The lowest BCUT2D eigenvalue weighted by molar-refractivity contribution is -0.137. The van der Waals surface area contributed by atoms with Gasteiger partial charge in [-0.2, -0.15) is 0 Å². The second-order valence-electron chi connectivity index (χ2n) is 7.32. The maximum atomic E-state index is 12.8. The molecule has 26 heavy (non-hydrogen) atoms. The van der Waals surface area contributed by atoms with Gasteiger partial charge in [-0.1, -0.05) is 24.6 Å². The quantitative estimate of drug-likeness (QED) is 0.855. The van der Waals surface area contributed by atoms with Gasteiger partial charge in [0.05, 0.1) is 5.92 Å². The number of carbonyl (C=O) groups is 2. The molecule has 2 fully saturated rings. The number of likely N-dealkylation sites (tertiary alicyclic amines) is 1. The van der Waals surface area contributed by atoms with Crippen LogP contribution < -0.4 is 10.2 Å². The smallest absolute Gasteiger partial charge is 0.228 e. The number of hydrogen-bond donors (Lipinski definition) is 1. The van der Waals surface area contributed by atoms with Crippen LogP contribution in [-0.4, -0.2) is 49.4 Å². The van der Waals surface area contributed by atoms with E-state index in [0.717, 1.165) is 44.7 Å². The van der Waals surface area contributed by atoms with Crippen molar-refractivity contribution in [1.29, 1.82) is 0 Å². The summed E-state index contributed by atoms with van der Waals surface area (Å²) in [5.41, 5.74) is 2.07. The van der Waals surface area contributed by atoms with Crippen LogP contribution in [0.2, 0.25) is 0 Å². The average Bonchev–Trinajstić information content (AvgIpc) is 3.02. The first-order valence-electron chi connectivity index (χ1n) is 9.45. The van der Waals surface area contributed by atoms with Crippen LogP contribution in [0.1, 0.15) is 31.7 Å². The second-order valence-corrected chi connectivity index (χ2v) is 7.32. The Balaban J connectivity index is 0.00000243. The van der Waals surface area contributed by atoms with E-state index in [9.17, 15) is 9.59 Å². The van der Waals surface area contributed by atoms with E-state index in [0.29, 0.717) is 18.9 Å². The Hall–Kier alpha value is -1.59. The highest BCUT2D eigenvalue weighted by molar-refractivity contribution is 6.00. The number of nitrogens with one attached hydrogen (secondary N) is 1. The molecule has 1 atom stereocenters. The molecule has 0 saturated carbocycles. The van der Waals surface area contributed by atoms with Gasteiger partial charge in [0, 0.05) is 31.7 Å². The van der Waals surface area contributed by atoms with Crippen LogP contribution >= 0.6 is 12.4 Å². The molecule has 1 aromatic rings. The zero-order valence-corrected chi connectivity index (χ0v) is 16.6. The summed E-state index contributed by atoms with van der Waals surface area (Å²) < 4.78 is 0. The molecule has 0 aromatic heterocycles. The molecule has 6 heteroatoms. The summed E-state index contributed by atoms with van der Waals surface area (Å²) in [5, 5.41) is 3.40. The molecule has 2 amide bonds. The Kier molecular flexibility index (Phi) is 7.47. The number of hydrogen-bond acceptors (Lipinski definition) is 3. The molecule has 2 saturated heterocycles. The molecule has 2 aliphatic rings. The molecule has 0 bridgehead atoms. The van der Waals surface area contributed by atoms with Crippen LogP contribution in [0.25, 0.3) is 0 Å². The summed E-state index contributed by atoms with van der Waals surface area (Å²) >= 11 is 0. The third kappa shape index (κ3) is 4.77. The molecule has 0 aliphatic carbocycles. The molecule has 1 unspecified atom stereocenters. The summed E-state index contributed by atoms with van der Waals surface area (Å²) in [4.78, 5) is 28.9. The van der Waals surface area contributed by atoms with E-state index in [1.54, 1.807) is 4.90 Å². The number of piperidine rings is 1. The van der Waals surface area contributed by atoms with Gasteiger partial charge in [-0.15, -0.1) is 12.4 Å². The highest BCUT2D eigenvalue weighted by Crippen LogP contribution is 2.28. The Labute approximate surface area is 162 Å². The summed E-state index contributed by atoms with van der Waals surface area (Å²) in [7, 11) is 0. The molecular weight excluding hydrogens is 350 g/mol. The largest absolute Gasteiger partial charge is 0.342 e. The van der Waals surface area contributed by atoms with Gasteiger partial charge >= 0.3 is 0 Å². The van der Waals surface area contributed by atoms with E-state index in [4.69, 9.17) is 0 Å². The number of halogens is 1. The van der Waals surface area contributed by atoms with Gasteiger partial charge in [-0.3, -0.25) is 9.59 Å². The number of rotatable bonds is 5. The summed E-state index contributed by atoms with van der Waals surface area (Å²) in [6.07, 6.45) is 2.45. The van der Waals surface area contributed by atoms with Gasteiger partial charge < -0.3 is 15.1 Å². The molecule has 0 radical (unpaired) electrons. The van der Waals surface area contributed by atoms with Gasteiger partial charge in [0.25, 0.3) is 0 Å². The van der Waals surface area contributed by atoms with Gasteiger partial charge in [0.2, 0.25) is 11.8 Å². The molecule has 5 nitrogen and oxygen atoms in total. The average molecular weight is 380 g/mol. The topological polar surface area (TPSA) is 52.7 Å². The number of carbonyl (C=O) groups excluding carboxylic acids is 2. The minimum Gasteiger partial charge on any atom is -0.342 e. The van der Waals surface area contributed by atoms with Crippen LogP contribution in [0.4, 0.5) is 5.69 Å². The lowest BCUT2D eigenvalue weighted by Crippen LogP contribution is -2.44. The Bertz CT molecular complexity index is 612. The first-order valence-corrected chi connectivity index (χ1v) is 9.45. The fraction of sp³-hybridized carbons (Fsp3) is 0.600. The van der Waals surface area contributed by atoms with Crippen LogP contribution in [0.5, 0.6) is 0 Å². The predicted molar refractivity (Wildman–Crippen MR) is 107 cm³/mol. The van der Waals surface area contributed by atoms with Crippen LogP contribution in [0, 0.1) is 18.8 Å². The first-order chi connectivity index (χ1) is 12.1. The third-order valence-electron chi connectivity index (χ3n) is 5.43. The van der Waals surface area contributed by atoms with Gasteiger partial charge in [0.1, 0.15) is 0 Å². The third-order valence-corrected chi connectivity index (χ3v) is 5.43. The minimum absolute atomic E-state index is 0. The van der Waals surface area contributed by atoms with E-state index in [1.807, 2.05) is 36.1 Å². The maximum absolute atomic E-state index is 12.8. The van der Waals surface area contributed by atoms with Crippen LogP contribution in [-0.2, 0) is 9.59 Å². The summed E-state index contributed by atoms with van der Waals surface area (Å²) in [6, 6.07) is 7.94. The Morgan fingerprint density at radius 2 is 1.85 bits per heavy atom. The lowest BCUT2D eigenvalue weighted by Gasteiger charge is -2.33. The Morgan fingerprint density at radius 1 is 1.19 bits per heavy atom. The summed E-state index contributed by atoms with van der Waals surface area (Å²) in [6.45, 7) is 8.35. The highest BCUT2D eigenvalue weighted by atomic mass is 35.5.